The highest BCUT2D eigenvalue weighted by Crippen LogP contribution is 2.19. The smallest absolute Gasteiger partial charge is 0.254 e. The number of likely N-dealkylation sites (tertiary alicyclic amines) is 1. The number of piperidine rings is 1. The molecule has 1 amide bonds. The van der Waals surface area contributed by atoms with Crippen molar-refractivity contribution in [1.29, 1.82) is 0 Å². The zero-order valence-corrected chi connectivity index (χ0v) is 10.7. The lowest BCUT2D eigenvalue weighted by Gasteiger charge is -2.31. The van der Waals surface area contributed by atoms with E-state index in [9.17, 15) is 9.18 Å². The van der Waals surface area contributed by atoms with Crippen molar-refractivity contribution in [2.45, 2.75) is 19.8 Å². The second kappa shape index (κ2) is 5.48. The quantitative estimate of drug-likeness (QED) is 0.872. The molecule has 1 aromatic carbocycles. The monoisotopic (exact) mass is 250 g/mol. The van der Waals surface area contributed by atoms with Crippen molar-refractivity contribution in [2.75, 3.05) is 19.6 Å². The first-order chi connectivity index (χ1) is 8.61. The van der Waals surface area contributed by atoms with Crippen molar-refractivity contribution >= 4 is 5.91 Å². The first-order valence-electron chi connectivity index (χ1n) is 6.37. The Morgan fingerprint density at radius 2 is 2.11 bits per heavy atom. The van der Waals surface area contributed by atoms with Gasteiger partial charge in [-0.15, -0.1) is 0 Å². The molecule has 1 saturated heterocycles. The van der Waals surface area contributed by atoms with E-state index in [-0.39, 0.29) is 11.7 Å². The third-order valence-corrected chi connectivity index (χ3v) is 3.67. The number of aryl methyl sites for hydroxylation is 1. The first kappa shape index (κ1) is 13.0. The van der Waals surface area contributed by atoms with Gasteiger partial charge in [0, 0.05) is 18.7 Å². The molecule has 0 atom stereocenters. The normalized spacial score (nSPS) is 16.9. The molecule has 0 aliphatic carbocycles. The minimum Gasteiger partial charge on any atom is -0.339 e. The molecule has 2 N–H and O–H groups in total. The third kappa shape index (κ3) is 2.70. The predicted molar refractivity (Wildman–Crippen MR) is 68.8 cm³/mol. The topological polar surface area (TPSA) is 46.3 Å². The molecule has 0 bridgehead atoms. The number of amides is 1. The highest BCUT2D eigenvalue weighted by atomic mass is 19.1. The molecule has 0 radical (unpaired) electrons. The van der Waals surface area contributed by atoms with Gasteiger partial charge in [-0.2, -0.15) is 0 Å². The molecule has 0 aromatic heterocycles. The maximum Gasteiger partial charge on any atom is 0.254 e. The van der Waals surface area contributed by atoms with Crippen LogP contribution in [0.1, 0.15) is 28.8 Å². The lowest BCUT2D eigenvalue weighted by molar-refractivity contribution is 0.0692. The molecule has 1 aromatic rings. The minimum absolute atomic E-state index is 0.0672. The number of carbonyl (C=O) groups excluding carboxylic acids is 1. The molecule has 2 rings (SSSR count). The van der Waals surface area contributed by atoms with E-state index in [0.717, 1.165) is 31.5 Å². The lowest BCUT2D eigenvalue weighted by Crippen LogP contribution is -2.40. The predicted octanol–water partition coefficient (Wildman–Crippen LogP) is 1.95. The number of halogens is 1. The van der Waals surface area contributed by atoms with Gasteiger partial charge < -0.3 is 10.6 Å². The van der Waals surface area contributed by atoms with Crippen LogP contribution in [0.2, 0.25) is 0 Å². The number of nitrogens with two attached hydrogens (primary N) is 1. The molecule has 0 saturated carbocycles. The summed E-state index contributed by atoms with van der Waals surface area (Å²) < 4.78 is 13.2. The van der Waals surface area contributed by atoms with Gasteiger partial charge in [-0.25, -0.2) is 4.39 Å². The van der Waals surface area contributed by atoms with Gasteiger partial charge in [0.25, 0.3) is 5.91 Å². The van der Waals surface area contributed by atoms with E-state index in [4.69, 9.17) is 5.73 Å². The molecule has 1 heterocycles. The summed E-state index contributed by atoms with van der Waals surface area (Å²) in [5, 5.41) is 0. The Balaban J connectivity index is 2.10. The molecule has 0 unspecified atom stereocenters. The SMILES string of the molecule is Cc1ccc(F)cc1C(=O)N1CCC(CN)CC1. The Morgan fingerprint density at radius 3 is 2.72 bits per heavy atom. The third-order valence-electron chi connectivity index (χ3n) is 3.67. The number of nitrogens with zero attached hydrogens (tertiary/aromatic N) is 1. The first-order valence-corrected chi connectivity index (χ1v) is 6.37. The summed E-state index contributed by atoms with van der Waals surface area (Å²) in [6, 6.07) is 4.36. The van der Waals surface area contributed by atoms with E-state index >= 15 is 0 Å². The number of hydrogen-bond donors (Lipinski definition) is 1. The second-order valence-electron chi connectivity index (χ2n) is 4.93. The van der Waals surface area contributed by atoms with Crippen LogP contribution in [-0.2, 0) is 0 Å². The Hall–Kier alpha value is -1.42. The van der Waals surface area contributed by atoms with Crippen LogP contribution in [0.15, 0.2) is 18.2 Å². The fraction of sp³-hybridized carbons (Fsp3) is 0.500. The highest BCUT2D eigenvalue weighted by Gasteiger charge is 2.23. The van der Waals surface area contributed by atoms with E-state index in [2.05, 4.69) is 0 Å². The Kier molecular flexibility index (Phi) is 3.97. The lowest BCUT2D eigenvalue weighted by atomic mass is 9.96. The molecule has 1 fully saturated rings. The fourth-order valence-electron chi connectivity index (χ4n) is 2.37. The standard InChI is InChI=1S/C14H19FN2O/c1-10-2-3-12(15)8-13(10)14(18)17-6-4-11(9-16)5-7-17/h2-3,8,11H,4-7,9,16H2,1H3. The summed E-state index contributed by atoms with van der Waals surface area (Å²) >= 11 is 0. The van der Waals surface area contributed by atoms with Crippen molar-refractivity contribution in [3.05, 3.63) is 35.1 Å². The molecule has 1 aliphatic heterocycles. The fourth-order valence-corrected chi connectivity index (χ4v) is 2.37. The Bertz CT molecular complexity index is 439. The Labute approximate surface area is 107 Å². The zero-order chi connectivity index (χ0) is 13.1. The van der Waals surface area contributed by atoms with E-state index in [1.54, 1.807) is 11.0 Å². The van der Waals surface area contributed by atoms with Crippen molar-refractivity contribution in [1.82, 2.24) is 4.90 Å². The molecule has 18 heavy (non-hydrogen) atoms. The van der Waals surface area contributed by atoms with Gasteiger partial charge in [-0.1, -0.05) is 6.07 Å². The van der Waals surface area contributed by atoms with Crippen LogP contribution in [0.3, 0.4) is 0 Å². The minimum atomic E-state index is -0.360. The van der Waals surface area contributed by atoms with E-state index in [1.165, 1.54) is 12.1 Å². The molecular weight excluding hydrogens is 231 g/mol. The molecule has 1 aliphatic rings. The molecule has 0 spiro atoms. The van der Waals surface area contributed by atoms with E-state index in [1.807, 2.05) is 6.92 Å². The van der Waals surface area contributed by atoms with Crippen LogP contribution in [0.4, 0.5) is 4.39 Å². The van der Waals surface area contributed by atoms with Crippen molar-refractivity contribution in [2.24, 2.45) is 11.7 Å². The second-order valence-corrected chi connectivity index (χ2v) is 4.93. The van der Waals surface area contributed by atoms with E-state index < -0.39 is 0 Å². The van der Waals surface area contributed by atoms with Crippen LogP contribution in [0, 0.1) is 18.7 Å². The average Bonchev–Trinajstić information content (AvgIpc) is 2.41. The zero-order valence-electron chi connectivity index (χ0n) is 10.7. The average molecular weight is 250 g/mol. The van der Waals surface area contributed by atoms with Gasteiger partial charge in [0.2, 0.25) is 0 Å². The highest BCUT2D eigenvalue weighted by molar-refractivity contribution is 5.95. The Morgan fingerprint density at radius 1 is 1.44 bits per heavy atom. The van der Waals surface area contributed by atoms with Crippen molar-refractivity contribution in [3.63, 3.8) is 0 Å². The largest absolute Gasteiger partial charge is 0.339 e. The van der Waals surface area contributed by atoms with Crippen molar-refractivity contribution in [3.8, 4) is 0 Å². The van der Waals surface area contributed by atoms with Gasteiger partial charge in [-0.05, 0) is 49.9 Å². The van der Waals surface area contributed by atoms with Gasteiger partial charge in [0.15, 0.2) is 0 Å². The summed E-state index contributed by atoms with van der Waals surface area (Å²) in [6.45, 7) is 3.95. The van der Waals surface area contributed by atoms with Crippen molar-refractivity contribution < 1.29 is 9.18 Å². The number of rotatable bonds is 2. The van der Waals surface area contributed by atoms with E-state index in [0.29, 0.717) is 18.0 Å². The molecule has 3 nitrogen and oxygen atoms in total. The maximum absolute atomic E-state index is 13.2. The van der Waals surface area contributed by atoms with Crippen LogP contribution in [0.25, 0.3) is 0 Å². The van der Waals surface area contributed by atoms with Gasteiger partial charge in [0.05, 0.1) is 0 Å². The number of carbonyl (C=O) groups is 1. The molecule has 98 valence electrons. The summed E-state index contributed by atoms with van der Waals surface area (Å²) in [4.78, 5) is 14.1. The van der Waals surface area contributed by atoms with Crippen LogP contribution >= 0.6 is 0 Å². The molecular formula is C14H19FN2O. The van der Waals surface area contributed by atoms with Crippen LogP contribution < -0.4 is 5.73 Å². The van der Waals surface area contributed by atoms with Gasteiger partial charge in [0.1, 0.15) is 5.82 Å². The summed E-state index contributed by atoms with van der Waals surface area (Å²) in [5.41, 5.74) is 6.92. The summed E-state index contributed by atoms with van der Waals surface area (Å²) in [6.07, 6.45) is 1.88. The summed E-state index contributed by atoms with van der Waals surface area (Å²) in [7, 11) is 0. The summed E-state index contributed by atoms with van der Waals surface area (Å²) in [5.74, 6) is 0.0888. The van der Waals surface area contributed by atoms with Crippen LogP contribution in [0.5, 0.6) is 0 Å². The number of hydrogen-bond acceptors (Lipinski definition) is 2. The number of benzene rings is 1. The maximum atomic E-state index is 13.2. The van der Waals surface area contributed by atoms with Crippen LogP contribution in [-0.4, -0.2) is 30.4 Å². The van der Waals surface area contributed by atoms with Gasteiger partial charge >= 0.3 is 0 Å². The van der Waals surface area contributed by atoms with Gasteiger partial charge in [-0.3, -0.25) is 4.79 Å². The molecule has 4 heteroatoms.